The number of carboxylic acid groups (broad SMARTS) is 1. The molecule has 1 aliphatic heterocycles. The van der Waals surface area contributed by atoms with Crippen LogP contribution in [0.3, 0.4) is 0 Å². The summed E-state index contributed by atoms with van der Waals surface area (Å²) in [4.78, 5) is 26.1. The number of benzene rings is 2. The average molecular weight is 383 g/mol. The van der Waals surface area contributed by atoms with Gasteiger partial charge in [-0.3, -0.25) is 9.69 Å². The molecule has 1 N–H and O–H groups in total. The summed E-state index contributed by atoms with van der Waals surface area (Å²) in [5.74, 6) is -1.27. The number of amides is 1. The molecule has 1 fully saturated rings. The van der Waals surface area contributed by atoms with Crippen molar-refractivity contribution in [1.82, 2.24) is 0 Å². The van der Waals surface area contributed by atoms with Gasteiger partial charge in [0, 0.05) is 0 Å². The summed E-state index contributed by atoms with van der Waals surface area (Å²) in [5, 5.41) is 9.21. The summed E-state index contributed by atoms with van der Waals surface area (Å²) in [7, 11) is 0. The smallest absolute Gasteiger partial charge is 0.335 e. The summed E-state index contributed by atoms with van der Waals surface area (Å²) in [6, 6.07) is 12.7. The first-order valence-corrected chi connectivity index (χ1v) is 9.34. The zero-order valence-electron chi connectivity index (χ0n) is 14.4. The van der Waals surface area contributed by atoms with E-state index in [4.69, 9.17) is 12.2 Å². The molecule has 1 amide bonds. The van der Waals surface area contributed by atoms with E-state index in [0.29, 0.717) is 14.9 Å². The van der Waals surface area contributed by atoms with E-state index >= 15 is 0 Å². The van der Waals surface area contributed by atoms with Gasteiger partial charge in [-0.25, -0.2) is 4.79 Å². The van der Waals surface area contributed by atoms with Gasteiger partial charge in [0.2, 0.25) is 0 Å². The number of carbonyl (C=O) groups is 2. The lowest BCUT2D eigenvalue weighted by Gasteiger charge is -2.17. The van der Waals surface area contributed by atoms with Crippen LogP contribution in [0.15, 0.2) is 47.4 Å². The number of rotatable bonds is 4. The van der Waals surface area contributed by atoms with E-state index in [1.54, 1.807) is 6.07 Å². The van der Waals surface area contributed by atoms with Gasteiger partial charge in [-0.2, -0.15) is 0 Å². The minimum absolute atomic E-state index is 0.124. The summed E-state index contributed by atoms with van der Waals surface area (Å²) in [5.41, 5.74) is 3.59. The number of carbonyl (C=O) groups excluding carboxylic acids is 1. The molecule has 0 aliphatic carbocycles. The maximum Gasteiger partial charge on any atom is 0.335 e. The van der Waals surface area contributed by atoms with E-state index < -0.39 is 5.97 Å². The van der Waals surface area contributed by atoms with Crippen LogP contribution in [0.4, 0.5) is 5.69 Å². The van der Waals surface area contributed by atoms with Gasteiger partial charge in [0.25, 0.3) is 5.91 Å². The van der Waals surface area contributed by atoms with Crippen LogP contribution in [0, 0.1) is 6.92 Å². The zero-order chi connectivity index (χ0) is 18.8. The molecule has 2 aromatic rings. The molecule has 0 bridgehead atoms. The summed E-state index contributed by atoms with van der Waals surface area (Å²) < 4.78 is 0.400. The third kappa shape index (κ3) is 3.57. The Morgan fingerprint density at radius 3 is 2.54 bits per heavy atom. The SMILES string of the molecule is CCc1ccc(/C=C2\SC(=S)N(c3cc(C(=O)O)ccc3C)C2=O)cc1. The Morgan fingerprint density at radius 1 is 1.23 bits per heavy atom. The van der Waals surface area contributed by atoms with Crippen LogP contribution >= 0.6 is 24.0 Å². The topological polar surface area (TPSA) is 57.6 Å². The highest BCUT2D eigenvalue weighted by Crippen LogP contribution is 2.37. The summed E-state index contributed by atoms with van der Waals surface area (Å²) in [6.45, 7) is 3.92. The first kappa shape index (κ1) is 18.4. The van der Waals surface area contributed by atoms with E-state index in [1.165, 1.54) is 34.4 Å². The van der Waals surface area contributed by atoms with Crippen LogP contribution in [-0.4, -0.2) is 21.3 Å². The summed E-state index contributed by atoms with van der Waals surface area (Å²) >= 11 is 6.61. The molecule has 0 aromatic heterocycles. The number of hydrogen-bond acceptors (Lipinski definition) is 4. The number of nitrogens with zero attached hydrogens (tertiary/aromatic N) is 1. The lowest BCUT2D eigenvalue weighted by molar-refractivity contribution is -0.113. The number of thiocarbonyl (C=S) groups is 1. The quantitative estimate of drug-likeness (QED) is 0.615. The van der Waals surface area contributed by atoms with E-state index in [-0.39, 0.29) is 11.5 Å². The third-order valence-corrected chi connectivity index (χ3v) is 5.48. The van der Waals surface area contributed by atoms with Crippen LogP contribution in [0.5, 0.6) is 0 Å². The van der Waals surface area contributed by atoms with Crippen LogP contribution < -0.4 is 4.90 Å². The van der Waals surface area contributed by atoms with Crippen LogP contribution in [0.25, 0.3) is 6.08 Å². The molecule has 0 saturated carbocycles. The van der Waals surface area contributed by atoms with Gasteiger partial charge < -0.3 is 5.11 Å². The van der Waals surface area contributed by atoms with Gasteiger partial charge in [0.15, 0.2) is 4.32 Å². The van der Waals surface area contributed by atoms with Crippen LogP contribution in [0.1, 0.15) is 34.0 Å². The second-order valence-corrected chi connectivity index (χ2v) is 7.59. The third-order valence-electron chi connectivity index (χ3n) is 4.18. The van der Waals surface area contributed by atoms with E-state index in [0.717, 1.165) is 17.5 Å². The van der Waals surface area contributed by atoms with Crippen molar-refractivity contribution in [2.45, 2.75) is 20.3 Å². The van der Waals surface area contributed by atoms with Gasteiger partial charge in [-0.1, -0.05) is 61.2 Å². The molecule has 0 spiro atoms. The molecule has 0 unspecified atom stereocenters. The van der Waals surface area contributed by atoms with Crippen LogP contribution in [-0.2, 0) is 11.2 Å². The molecule has 1 aliphatic rings. The van der Waals surface area contributed by atoms with Gasteiger partial charge in [-0.05, 0) is 48.2 Å². The predicted molar refractivity (Wildman–Crippen MR) is 110 cm³/mol. The van der Waals surface area contributed by atoms with Gasteiger partial charge in [0.1, 0.15) is 0 Å². The van der Waals surface area contributed by atoms with Crippen molar-refractivity contribution in [1.29, 1.82) is 0 Å². The number of carboxylic acids is 1. The van der Waals surface area contributed by atoms with Crippen molar-refractivity contribution in [2.24, 2.45) is 0 Å². The number of anilines is 1. The Labute approximate surface area is 161 Å². The summed E-state index contributed by atoms with van der Waals surface area (Å²) in [6.07, 6.45) is 2.77. The Morgan fingerprint density at radius 2 is 1.92 bits per heavy atom. The van der Waals surface area contributed by atoms with Crippen LogP contribution in [0.2, 0.25) is 0 Å². The molecule has 2 aromatic carbocycles. The van der Waals surface area contributed by atoms with E-state index in [1.807, 2.05) is 37.3 Å². The Bertz CT molecular complexity index is 933. The minimum Gasteiger partial charge on any atom is -0.478 e. The number of aryl methyl sites for hydroxylation is 2. The Balaban J connectivity index is 1.95. The molecule has 6 heteroatoms. The minimum atomic E-state index is -1.04. The van der Waals surface area contributed by atoms with Crippen molar-refractivity contribution < 1.29 is 14.7 Å². The second-order valence-electron chi connectivity index (χ2n) is 5.92. The first-order chi connectivity index (χ1) is 12.4. The number of thioether (sulfide) groups is 1. The molecule has 132 valence electrons. The molecule has 1 saturated heterocycles. The molecule has 0 atom stereocenters. The Kier molecular flexibility index (Phi) is 5.25. The van der Waals surface area contributed by atoms with Gasteiger partial charge in [0.05, 0.1) is 16.2 Å². The molecular weight excluding hydrogens is 366 g/mol. The maximum absolute atomic E-state index is 12.9. The molecule has 26 heavy (non-hydrogen) atoms. The normalized spacial score (nSPS) is 15.8. The predicted octanol–water partition coefficient (Wildman–Crippen LogP) is 4.66. The zero-order valence-corrected chi connectivity index (χ0v) is 16.0. The lowest BCUT2D eigenvalue weighted by atomic mass is 10.1. The molecule has 0 radical (unpaired) electrons. The standard InChI is InChI=1S/C20H17NO3S2/c1-3-13-5-7-14(8-6-13)10-17-18(22)21(20(25)26-17)16-11-15(19(23)24)9-4-12(16)2/h4-11H,3H2,1-2H3,(H,23,24)/b17-10-. The largest absolute Gasteiger partial charge is 0.478 e. The average Bonchev–Trinajstić information content (AvgIpc) is 2.89. The van der Waals surface area contributed by atoms with E-state index in [2.05, 4.69) is 6.92 Å². The van der Waals surface area contributed by atoms with Crippen molar-refractivity contribution in [3.63, 3.8) is 0 Å². The molecule has 1 heterocycles. The number of aromatic carboxylic acids is 1. The maximum atomic E-state index is 12.9. The lowest BCUT2D eigenvalue weighted by Crippen LogP contribution is -2.28. The van der Waals surface area contributed by atoms with E-state index in [9.17, 15) is 14.7 Å². The monoisotopic (exact) mass is 383 g/mol. The molecule has 4 nitrogen and oxygen atoms in total. The fourth-order valence-electron chi connectivity index (χ4n) is 2.66. The highest BCUT2D eigenvalue weighted by Gasteiger charge is 2.34. The fraction of sp³-hybridized carbons (Fsp3) is 0.150. The van der Waals surface area contributed by atoms with Crippen molar-refractivity contribution in [3.05, 3.63) is 69.6 Å². The Hall–Kier alpha value is -2.44. The fourth-order valence-corrected chi connectivity index (χ4v) is 3.94. The van der Waals surface area contributed by atoms with Crippen molar-refractivity contribution in [2.75, 3.05) is 4.90 Å². The number of hydrogen-bond donors (Lipinski definition) is 1. The van der Waals surface area contributed by atoms with Gasteiger partial charge in [-0.15, -0.1) is 0 Å². The molecule has 3 rings (SSSR count). The van der Waals surface area contributed by atoms with Crippen molar-refractivity contribution in [3.8, 4) is 0 Å². The van der Waals surface area contributed by atoms with Crippen molar-refractivity contribution >= 4 is 51.9 Å². The first-order valence-electron chi connectivity index (χ1n) is 8.11. The highest BCUT2D eigenvalue weighted by atomic mass is 32.2. The second kappa shape index (κ2) is 7.43. The van der Waals surface area contributed by atoms with Gasteiger partial charge >= 0.3 is 5.97 Å². The molecular formula is C20H17NO3S2. The highest BCUT2D eigenvalue weighted by molar-refractivity contribution is 8.27.